The predicted octanol–water partition coefficient (Wildman–Crippen LogP) is 6.30. The zero-order valence-corrected chi connectivity index (χ0v) is 14.9. The number of benzene rings is 2. The Morgan fingerprint density at radius 3 is 1.60 bits per heavy atom. The summed E-state index contributed by atoms with van der Waals surface area (Å²) in [6.07, 6.45) is 0. The summed E-state index contributed by atoms with van der Waals surface area (Å²) in [4.78, 5) is 0. The molecule has 2 nitrogen and oxygen atoms in total. The van der Waals surface area contributed by atoms with Crippen molar-refractivity contribution in [3.63, 3.8) is 0 Å². The van der Waals surface area contributed by atoms with E-state index in [4.69, 9.17) is 0 Å². The minimum atomic E-state index is 0. The maximum Gasteiger partial charge on any atom is 0 e. The van der Waals surface area contributed by atoms with E-state index in [2.05, 4.69) is 10.6 Å². The van der Waals surface area contributed by atoms with Crippen molar-refractivity contribution in [1.29, 1.82) is 0 Å². The maximum absolute atomic E-state index is 3.28. The molecular weight excluding hydrogens is 348 g/mol. The molecule has 0 saturated heterocycles. The van der Waals surface area contributed by atoms with E-state index >= 15 is 0 Å². The third kappa shape index (κ3) is 6.34. The molecule has 0 bridgehead atoms. The van der Waals surface area contributed by atoms with Gasteiger partial charge in [0.1, 0.15) is 0 Å². The fourth-order valence-corrected chi connectivity index (χ4v) is 2.29. The van der Waals surface area contributed by atoms with Crippen LogP contribution in [0.25, 0.3) is 0 Å². The summed E-state index contributed by atoms with van der Waals surface area (Å²) in [6, 6.07) is 36.6. The van der Waals surface area contributed by atoms with Gasteiger partial charge >= 0.3 is 0 Å². The molecule has 4 aromatic rings. The molecule has 0 unspecified atom stereocenters. The van der Waals surface area contributed by atoms with Gasteiger partial charge in [0.05, 0.1) is 0 Å². The van der Waals surface area contributed by atoms with Crippen LogP contribution in [0.3, 0.4) is 0 Å². The summed E-state index contributed by atoms with van der Waals surface area (Å²) < 4.78 is 0. The van der Waals surface area contributed by atoms with E-state index in [0.29, 0.717) is 0 Å². The standard InChI is InChI=1S/2C11H10N.Fe/c2*1-2-6-10(7-3-1)12-11-8-4-5-9-11;/h2*1-9,12H;/q-5;-1;. The minimum absolute atomic E-state index is 0. The van der Waals surface area contributed by atoms with Gasteiger partial charge in [0.2, 0.25) is 0 Å². The van der Waals surface area contributed by atoms with Gasteiger partial charge in [0.15, 0.2) is 0 Å². The molecule has 132 valence electrons. The molecule has 0 aliphatic rings. The molecule has 4 rings (SSSR count). The molecule has 3 heteroatoms. The number of hydrogen-bond donors (Lipinski definition) is 2. The van der Waals surface area contributed by atoms with Gasteiger partial charge in [-0.1, -0.05) is 54.2 Å². The van der Waals surface area contributed by atoms with E-state index in [0.717, 1.165) is 22.7 Å². The fourth-order valence-electron chi connectivity index (χ4n) is 2.29. The first-order valence-electron chi connectivity index (χ1n) is 7.98. The molecular formula is C22H20FeN2-6. The molecule has 0 aliphatic carbocycles. The Morgan fingerprint density at radius 2 is 1.08 bits per heavy atom. The number of nitrogens with one attached hydrogen (secondary N) is 2. The molecule has 0 radical (unpaired) electrons. The summed E-state index contributed by atoms with van der Waals surface area (Å²) >= 11 is 0. The van der Waals surface area contributed by atoms with Crippen molar-refractivity contribution in [2.45, 2.75) is 0 Å². The number of hydrogen-bond acceptors (Lipinski definition) is 2. The third-order valence-electron chi connectivity index (χ3n) is 3.45. The molecule has 0 spiro atoms. The average molecular weight is 368 g/mol. The van der Waals surface area contributed by atoms with E-state index in [1.165, 1.54) is 0 Å². The van der Waals surface area contributed by atoms with E-state index in [-0.39, 0.29) is 17.1 Å². The summed E-state index contributed by atoms with van der Waals surface area (Å²) in [7, 11) is 0. The smallest absolute Gasteiger partial charge is 0 e. The van der Waals surface area contributed by atoms with Crippen LogP contribution in [0.2, 0.25) is 0 Å². The number of rotatable bonds is 4. The van der Waals surface area contributed by atoms with E-state index in [1.54, 1.807) is 0 Å². The fraction of sp³-hybridized carbons (Fsp3) is 0. The Kier molecular flexibility index (Phi) is 7.58. The molecule has 2 N–H and O–H groups in total. The Morgan fingerprint density at radius 1 is 0.600 bits per heavy atom. The first-order chi connectivity index (χ1) is 11.9. The van der Waals surface area contributed by atoms with Crippen LogP contribution in [0.15, 0.2) is 109 Å². The monoisotopic (exact) mass is 368 g/mol. The Balaban J connectivity index is 0.000000173. The van der Waals surface area contributed by atoms with Crippen molar-refractivity contribution in [1.82, 2.24) is 0 Å². The minimum Gasteiger partial charge on any atom is -0.699 e. The summed E-state index contributed by atoms with van der Waals surface area (Å²) in [5.74, 6) is 0. The van der Waals surface area contributed by atoms with Gasteiger partial charge in [-0.25, -0.2) is 0 Å². The molecule has 0 aliphatic heterocycles. The maximum atomic E-state index is 3.28. The Labute approximate surface area is 159 Å². The van der Waals surface area contributed by atoms with Gasteiger partial charge in [-0.15, -0.1) is 12.1 Å². The van der Waals surface area contributed by atoms with Gasteiger partial charge in [-0.2, -0.15) is 30.0 Å². The third-order valence-corrected chi connectivity index (χ3v) is 3.45. The van der Waals surface area contributed by atoms with Crippen molar-refractivity contribution in [2.24, 2.45) is 0 Å². The van der Waals surface area contributed by atoms with Crippen LogP contribution in [0.4, 0.5) is 22.7 Å². The molecule has 0 aromatic heterocycles. The van der Waals surface area contributed by atoms with Crippen molar-refractivity contribution >= 4 is 22.7 Å². The summed E-state index contributed by atoms with van der Waals surface area (Å²) in [5.41, 5.74) is 4.54. The summed E-state index contributed by atoms with van der Waals surface area (Å²) in [5, 5.41) is 6.57. The second kappa shape index (κ2) is 10.2. The van der Waals surface area contributed by atoms with Crippen LogP contribution in [-0.2, 0) is 17.1 Å². The molecule has 0 saturated carbocycles. The SMILES string of the molecule is [Fe].c1ccc(N[c-]2[cH-][cH-][cH-][cH-]2)cc1.c1ccc(N[c-]2cccc2)cc1. The van der Waals surface area contributed by atoms with Crippen LogP contribution in [-0.4, -0.2) is 0 Å². The normalized spacial score (nSPS) is 9.28. The van der Waals surface area contributed by atoms with Crippen LogP contribution in [0, 0.1) is 0 Å². The van der Waals surface area contributed by atoms with Crippen molar-refractivity contribution in [3.8, 4) is 0 Å². The van der Waals surface area contributed by atoms with Crippen LogP contribution >= 0.6 is 0 Å². The largest absolute Gasteiger partial charge is 0.699 e. The van der Waals surface area contributed by atoms with E-state index in [9.17, 15) is 0 Å². The van der Waals surface area contributed by atoms with E-state index in [1.807, 2.05) is 109 Å². The average Bonchev–Trinajstić information content (AvgIpc) is 3.32. The second-order valence-electron chi connectivity index (χ2n) is 5.33. The first kappa shape index (κ1) is 18.6. The zero-order chi connectivity index (χ0) is 16.5. The second-order valence-corrected chi connectivity index (χ2v) is 5.33. The Bertz CT molecular complexity index is 720. The van der Waals surface area contributed by atoms with Gasteiger partial charge < -0.3 is 40.6 Å². The van der Waals surface area contributed by atoms with Gasteiger partial charge in [0, 0.05) is 17.1 Å². The molecule has 25 heavy (non-hydrogen) atoms. The quantitative estimate of drug-likeness (QED) is 0.326. The zero-order valence-electron chi connectivity index (χ0n) is 13.7. The van der Waals surface area contributed by atoms with Crippen molar-refractivity contribution in [2.75, 3.05) is 10.6 Å². The van der Waals surface area contributed by atoms with E-state index < -0.39 is 0 Å². The molecule has 0 fully saturated rings. The topological polar surface area (TPSA) is 24.1 Å². The van der Waals surface area contributed by atoms with Crippen LogP contribution in [0.5, 0.6) is 0 Å². The van der Waals surface area contributed by atoms with Crippen molar-refractivity contribution in [3.05, 3.63) is 109 Å². The number of para-hydroxylation sites is 2. The first-order valence-corrected chi connectivity index (χ1v) is 7.98. The van der Waals surface area contributed by atoms with Crippen molar-refractivity contribution < 1.29 is 17.1 Å². The number of anilines is 4. The Hall–Kier alpha value is -2.74. The van der Waals surface area contributed by atoms with Gasteiger partial charge in [0.25, 0.3) is 0 Å². The van der Waals surface area contributed by atoms with Gasteiger partial charge in [-0.05, 0) is 5.69 Å². The molecule has 0 heterocycles. The van der Waals surface area contributed by atoms with Crippen LogP contribution in [0.1, 0.15) is 0 Å². The summed E-state index contributed by atoms with van der Waals surface area (Å²) in [6.45, 7) is 0. The van der Waals surface area contributed by atoms with Crippen LogP contribution < -0.4 is 10.6 Å². The predicted molar refractivity (Wildman–Crippen MR) is 104 cm³/mol. The molecule has 0 atom stereocenters. The molecule has 0 amide bonds. The molecule has 4 aromatic carbocycles. The van der Waals surface area contributed by atoms with Gasteiger partial charge in [-0.3, -0.25) is 0 Å².